The van der Waals surface area contributed by atoms with Gasteiger partial charge in [0.25, 0.3) is 0 Å². The summed E-state index contributed by atoms with van der Waals surface area (Å²) in [6.07, 6.45) is 1.04. The van der Waals surface area contributed by atoms with Crippen LogP contribution in [0.4, 0.5) is 22.5 Å². The highest BCUT2D eigenvalue weighted by molar-refractivity contribution is 7.92. The normalized spacial score (nSPS) is 11.8. The topological polar surface area (TPSA) is 106 Å². The van der Waals surface area contributed by atoms with Gasteiger partial charge < -0.3 is 0 Å². The first-order valence-electron chi connectivity index (χ1n) is 5.99. The number of sulfonamides is 1. The zero-order chi connectivity index (χ0) is 16.5. The first-order chi connectivity index (χ1) is 10.2. The number of aryl methyl sites for hydroxylation is 2. The van der Waals surface area contributed by atoms with Gasteiger partial charge in [0.15, 0.2) is 10.8 Å². The van der Waals surface area contributed by atoms with Crippen LogP contribution in [0.1, 0.15) is 11.4 Å². The molecule has 0 aromatic carbocycles. The Kier molecular flexibility index (Phi) is 4.25. The van der Waals surface area contributed by atoms with Crippen molar-refractivity contribution in [2.24, 2.45) is 17.3 Å². The molecule has 0 saturated heterocycles. The third-order valence-electron chi connectivity index (χ3n) is 2.67. The number of aromatic nitrogens is 3. The first kappa shape index (κ1) is 16.1. The summed E-state index contributed by atoms with van der Waals surface area (Å²) in [7, 11) is -1.81. The van der Waals surface area contributed by atoms with Gasteiger partial charge in [0.05, 0.1) is 24.2 Å². The third kappa shape index (κ3) is 3.29. The maximum Gasteiger partial charge on any atom is 0.247 e. The summed E-state index contributed by atoms with van der Waals surface area (Å²) in [5.41, 5.74) is 1.49. The Hall–Kier alpha value is -2.32. The van der Waals surface area contributed by atoms with Gasteiger partial charge >= 0.3 is 0 Å². The van der Waals surface area contributed by atoms with Gasteiger partial charge in [-0.2, -0.15) is 0 Å². The molecule has 2 rings (SSSR count). The number of hydrogen-bond acceptors (Lipinski definition) is 7. The molecule has 0 unspecified atom stereocenters. The number of imidazole rings is 1. The highest BCUT2D eigenvalue weighted by Gasteiger charge is 2.15. The smallest absolute Gasteiger partial charge is 0.247 e. The van der Waals surface area contributed by atoms with Gasteiger partial charge in [0.2, 0.25) is 21.7 Å². The van der Waals surface area contributed by atoms with Gasteiger partial charge in [-0.25, -0.2) is 22.6 Å². The maximum atomic E-state index is 11.3. The van der Waals surface area contributed by atoms with Crippen LogP contribution in [0.25, 0.3) is 4.85 Å². The fraction of sp³-hybridized carbons (Fsp3) is 0.364. The summed E-state index contributed by atoms with van der Waals surface area (Å²) in [5.74, 6) is 0.549. The maximum absolute atomic E-state index is 11.3. The van der Waals surface area contributed by atoms with Gasteiger partial charge in [-0.1, -0.05) is 0 Å². The molecule has 9 nitrogen and oxygen atoms in total. The minimum atomic E-state index is -3.43. The number of nitrogens with zero attached hydrogens (tertiary/aromatic N) is 6. The van der Waals surface area contributed by atoms with Crippen molar-refractivity contribution in [3.8, 4) is 0 Å². The molecule has 0 aliphatic carbocycles. The first-order valence-corrected chi connectivity index (χ1v) is 8.66. The molecule has 2 aromatic rings. The van der Waals surface area contributed by atoms with Crippen LogP contribution in [0.15, 0.2) is 10.2 Å². The zero-order valence-corrected chi connectivity index (χ0v) is 13.9. The van der Waals surface area contributed by atoms with Gasteiger partial charge in [-0.3, -0.25) is 9.29 Å². The van der Waals surface area contributed by atoms with E-state index in [4.69, 9.17) is 6.57 Å². The summed E-state index contributed by atoms with van der Waals surface area (Å²) in [6, 6.07) is 0. The van der Waals surface area contributed by atoms with Gasteiger partial charge in [0, 0.05) is 7.05 Å². The molecular formula is C11H13N7O2S2. The van der Waals surface area contributed by atoms with Crippen LogP contribution in [0.3, 0.4) is 0 Å². The number of nitrogens with one attached hydrogen (secondary N) is 1. The van der Waals surface area contributed by atoms with Crippen molar-refractivity contribution in [2.45, 2.75) is 13.8 Å². The zero-order valence-electron chi connectivity index (χ0n) is 12.3. The van der Waals surface area contributed by atoms with Crippen LogP contribution in [0.5, 0.6) is 0 Å². The van der Waals surface area contributed by atoms with Crippen LogP contribution in [0, 0.1) is 20.4 Å². The van der Waals surface area contributed by atoms with E-state index in [0.29, 0.717) is 27.9 Å². The minimum absolute atomic E-state index is 0.153. The summed E-state index contributed by atoms with van der Waals surface area (Å²) >= 11 is 1.08. The third-order valence-corrected chi connectivity index (χ3v) is 4.04. The number of anilines is 1. The van der Waals surface area contributed by atoms with Crippen LogP contribution >= 0.6 is 11.5 Å². The number of rotatable bonds is 4. The average molecular weight is 339 g/mol. The largest absolute Gasteiger partial charge is 0.296 e. The van der Waals surface area contributed by atoms with E-state index in [-0.39, 0.29) is 5.95 Å². The fourth-order valence-corrected chi connectivity index (χ4v) is 2.84. The molecule has 0 amide bonds. The fourth-order valence-electron chi connectivity index (χ4n) is 1.66. The second-order valence-electron chi connectivity index (χ2n) is 4.51. The van der Waals surface area contributed by atoms with E-state index in [1.54, 1.807) is 20.9 Å². The van der Waals surface area contributed by atoms with Crippen molar-refractivity contribution in [1.29, 1.82) is 0 Å². The Morgan fingerprint density at radius 3 is 2.59 bits per heavy atom. The summed E-state index contributed by atoms with van der Waals surface area (Å²) in [6.45, 7) is 10.5. The van der Waals surface area contributed by atoms with E-state index in [1.165, 1.54) is 4.57 Å². The van der Waals surface area contributed by atoms with E-state index in [0.717, 1.165) is 17.8 Å². The Morgan fingerprint density at radius 2 is 2.00 bits per heavy atom. The molecule has 1 N–H and O–H groups in total. The second kappa shape index (κ2) is 5.82. The molecule has 0 spiro atoms. The molecule has 2 aromatic heterocycles. The van der Waals surface area contributed by atoms with Gasteiger partial charge in [-0.15, -0.1) is 10.2 Å². The predicted octanol–water partition coefficient (Wildman–Crippen LogP) is 2.83. The van der Waals surface area contributed by atoms with E-state index in [2.05, 4.69) is 29.2 Å². The van der Waals surface area contributed by atoms with Crippen molar-refractivity contribution < 1.29 is 8.42 Å². The van der Waals surface area contributed by atoms with E-state index < -0.39 is 10.0 Å². The Morgan fingerprint density at radius 1 is 1.32 bits per heavy atom. The molecule has 0 atom stereocenters. The summed E-state index contributed by atoms with van der Waals surface area (Å²) in [5, 5.41) is 8.50. The van der Waals surface area contributed by atoms with Crippen LogP contribution in [0.2, 0.25) is 0 Å². The van der Waals surface area contributed by atoms with Crippen molar-refractivity contribution >= 4 is 44.0 Å². The predicted molar refractivity (Wildman–Crippen MR) is 83.7 cm³/mol. The van der Waals surface area contributed by atoms with Crippen LogP contribution in [-0.2, 0) is 17.1 Å². The van der Waals surface area contributed by atoms with Crippen LogP contribution < -0.4 is 4.72 Å². The van der Waals surface area contributed by atoms with Gasteiger partial charge in [0.1, 0.15) is 0 Å². The summed E-state index contributed by atoms with van der Waals surface area (Å²) in [4.78, 5) is 7.47. The van der Waals surface area contributed by atoms with E-state index in [9.17, 15) is 8.42 Å². The quantitative estimate of drug-likeness (QED) is 0.682. The van der Waals surface area contributed by atoms with E-state index in [1.807, 2.05) is 0 Å². The highest BCUT2D eigenvalue weighted by atomic mass is 32.2. The molecule has 0 bridgehead atoms. The Balaban J connectivity index is 2.38. The average Bonchev–Trinajstić information content (AvgIpc) is 2.87. The standard InChI is InChI=1S/C11H13N7O2S2/c1-6-8(12-3)10(21-16-6)15-14-9-7(2)13-11(18(9)4)17-22(5,19)20/h1-2,4-5H3,(H,13,17)/b15-14+. The molecule has 0 aliphatic rings. The SMILES string of the molecule is [C-]#[N+]c1c(C)nsc1/N=N/c1c(C)nc(NS(C)(=O)=O)n1C. The highest BCUT2D eigenvalue weighted by Crippen LogP contribution is 2.37. The molecule has 0 aliphatic heterocycles. The molecule has 11 heteroatoms. The molecular weight excluding hydrogens is 326 g/mol. The van der Waals surface area contributed by atoms with E-state index >= 15 is 0 Å². The Labute approximate surface area is 131 Å². The minimum Gasteiger partial charge on any atom is -0.296 e. The molecule has 22 heavy (non-hydrogen) atoms. The molecule has 116 valence electrons. The molecule has 0 saturated carbocycles. The Bertz CT molecular complexity index is 886. The van der Waals surface area contributed by atoms with Gasteiger partial charge in [-0.05, 0) is 25.4 Å². The van der Waals surface area contributed by atoms with Crippen LogP contribution in [-0.4, -0.2) is 28.6 Å². The van der Waals surface area contributed by atoms with Crippen molar-refractivity contribution in [3.63, 3.8) is 0 Å². The summed E-state index contributed by atoms with van der Waals surface area (Å²) < 4.78 is 30.4. The molecule has 0 radical (unpaired) electrons. The lowest BCUT2D eigenvalue weighted by Gasteiger charge is -2.03. The van der Waals surface area contributed by atoms with Crippen molar-refractivity contribution in [3.05, 3.63) is 22.8 Å². The lowest BCUT2D eigenvalue weighted by Crippen LogP contribution is -2.13. The number of hydrogen-bond donors (Lipinski definition) is 1. The lowest BCUT2D eigenvalue weighted by atomic mass is 10.4. The monoisotopic (exact) mass is 339 g/mol. The molecule has 2 heterocycles. The van der Waals surface area contributed by atoms with Crippen molar-refractivity contribution in [1.82, 2.24) is 13.9 Å². The lowest BCUT2D eigenvalue weighted by molar-refractivity contribution is 0.606. The number of azo groups is 1. The second-order valence-corrected chi connectivity index (χ2v) is 7.01. The van der Waals surface area contributed by atoms with Crippen molar-refractivity contribution in [2.75, 3.05) is 11.0 Å². The molecule has 0 fully saturated rings.